The van der Waals surface area contributed by atoms with Crippen LogP contribution in [-0.2, 0) is 10.8 Å². The molecular weight excluding hydrogens is 314 g/mol. The molecule has 0 amide bonds. The minimum atomic E-state index is -1.02. The van der Waals surface area contributed by atoms with Crippen molar-refractivity contribution in [3.8, 4) is 0 Å². The van der Waals surface area contributed by atoms with Crippen molar-refractivity contribution in [3.05, 3.63) is 48.0 Å². The van der Waals surface area contributed by atoms with E-state index in [-0.39, 0.29) is 5.37 Å². The van der Waals surface area contributed by atoms with E-state index in [9.17, 15) is 4.21 Å². The molecule has 3 heteroatoms. The van der Waals surface area contributed by atoms with Crippen LogP contribution >= 0.6 is 0 Å². The van der Waals surface area contributed by atoms with Gasteiger partial charge in [-0.15, -0.1) is 0 Å². The molecule has 0 bridgehead atoms. The second kappa shape index (κ2) is 8.59. The van der Waals surface area contributed by atoms with Crippen LogP contribution in [0.4, 0.5) is 0 Å². The van der Waals surface area contributed by atoms with Gasteiger partial charge in [0.1, 0.15) is 5.37 Å². The highest BCUT2D eigenvalue weighted by atomic mass is 32.2. The zero-order valence-corrected chi connectivity index (χ0v) is 15.3. The van der Waals surface area contributed by atoms with Crippen LogP contribution < -0.4 is 5.32 Å². The van der Waals surface area contributed by atoms with Gasteiger partial charge in [-0.1, -0.05) is 75.4 Å². The summed E-state index contributed by atoms with van der Waals surface area (Å²) in [5.74, 6) is 0. The lowest BCUT2D eigenvalue weighted by Gasteiger charge is -2.21. The molecule has 1 aliphatic rings. The first kappa shape index (κ1) is 17.4. The van der Waals surface area contributed by atoms with Gasteiger partial charge in [0.05, 0.1) is 10.8 Å². The number of hydrogen-bond acceptors (Lipinski definition) is 2. The van der Waals surface area contributed by atoms with E-state index in [4.69, 9.17) is 0 Å². The van der Waals surface area contributed by atoms with Crippen LogP contribution in [0.3, 0.4) is 0 Å². The van der Waals surface area contributed by atoms with E-state index in [1.54, 1.807) is 0 Å². The van der Waals surface area contributed by atoms with Gasteiger partial charge in [-0.05, 0) is 41.4 Å². The van der Waals surface area contributed by atoms with E-state index in [0.717, 1.165) is 28.8 Å². The van der Waals surface area contributed by atoms with Crippen molar-refractivity contribution in [1.82, 2.24) is 5.32 Å². The quantitative estimate of drug-likeness (QED) is 0.664. The summed E-state index contributed by atoms with van der Waals surface area (Å²) in [4.78, 5) is 0.955. The Balaban J connectivity index is 1.58. The monoisotopic (exact) mass is 341 g/mol. The molecule has 0 saturated heterocycles. The van der Waals surface area contributed by atoms with Gasteiger partial charge in [0.15, 0.2) is 0 Å². The van der Waals surface area contributed by atoms with Crippen LogP contribution in [0, 0.1) is 0 Å². The molecule has 0 spiro atoms. The van der Waals surface area contributed by atoms with E-state index < -0.39 is 10.8 Å². The third-order valence-electron chi connectivity index (χ3n) is 4.65. The van der Waals surface area contributed by atoms with Crippen molar-refractivity contribution in [2.45, 2.75) is 55.7 Å². The van der Waals surface area contributed by atoms with Gasteiger partial charge in [-0.2, -0.15) is 0 Å². The molecule has 0 fully saturated rings. The topological polar surface area (TPSA) is 29.1 Å². The smallest absolute Gasteiger partial charge is 0.107 e. The molecule has 1 N–H and O–H groups in total. The van der Waals surface area contributed by atoms with Crippen LogP contribution in [0.1, 0.15) is 51.0 Å². The zero-order valence-electron chi connectivity index (χ0n) is 14.5. The van der Waals surface area contributed by atoms with Crippen LogP contribution in [-0.4, -0.2) is 16.1 Å². The maximum Gasteiger partial charge on any atom is 0.107 e. The minimum Gasteiger partial charge on any atom is -0.300 e. The largest absolute Gasteiger partial charge is 0.300 e. The molecule has 1 heterocycles. The van der Waals surface area contributed by atoms with E-state index >= 15 is 0 Å². The summed E-state index contributed by atoms with van der Waals surface area (Å²) in [6, 6.07) is 12.5. The Kier molecular flexibility index (Phi) is 6.22. The first-order chi connectivity index (χ1) is 11.8. The number of unbranched alkanes of at least 4 members (excludes halogenated alkanes) is 5. The summed E-state index contributed by atoms with van der Waals surface area (Å²) in [5.41, 5.74) is 1.09. The highest BCUT2D eigenvalue weighted by Gasteiger charge is 2.21. The fraction of sp³-hybridized carbons (Fsp3) is 0.429. The predicted molar refractivity (Wildman–Crippen MR) is 105 cm³/mol. The van der Waals surface area contributed by atoms with Crippen molar-refractivity contribution in [2.75, 3.05) is 6.54 Å². The van der Waals surface area contributed by atoms with Crippen LogP contribution in [0.25, 0.3) is 16.8 Å². The van der Waals surface area contributed by atoms with Gasteiger partial charge in [-0.3, -0.25) is 9.53 Å². The van der Waals surface area contributed by atoms with E-state index in [1.807, 2.05) is 12.1 Å². The predicted octanol–water partition coefficient (Wildman–Crippen LogP) is 5.25. The molecule has 128 valence electrons. The normalized spacial score (nSPS) is 19.5. The average molecular weight is 342 g/mol. The SMILES string of the molecule is CCCCCCCCNC1C=Cc2cc3ccccc3cc2S1=O. The fourth-order valence-electron chi connectivity index (χ4n) is 3.23. The first-order valence-electron chi connectivity index (χ1n) is 9.14. The molecule has 2 aromatic rings. The van der Waals surface area contributed by atoms with Gasteiger partial charge in [-0.25, -0.2) is 0 Å². The summed E-state index contributed by atoms with van der Waals surface area (Å²) in [6.45, 7) is 3.18. The van der Waals surface area contributed by atoms with Gasteiger partial charge < -0.3 is 0 Å². The summed E-state index contributed by atoms with van der Waals surface area (Å²) in [7, 11) is -1.02. The molecule has 0 aromatic heterocycles. The number of fused-ring (bicyclic) bond motifs is 2. The van der Waals surface area contributed by atoms with Gasteiger partial charge >= 0.3 is 0 Å². The second-order valence-corrected chi connectivity index (χ2v) is 8.08. The van der Waals surface area contributed by atoms with Crippen molar-refractivity contribution in [3.63, 3.8) is 0 Å². The van der Waals surface area contributed by atoms with Gasteiger partial charge in [0.25, 0.3) is 0 Å². The molecule has 0 aliphatic carbocycles. The number of benzene rings is 2. The Morgan fingerprint density at radius 2 is 1.71 bits per heavy atom. The van der Waals surface area contributed by atoms with E-state index in [0.29, 0.717) is 0 Å². The molecular formula is C21H27NOS. The molecule has 2 nitrogen and oxygen atoms in total. The van der Waals surface area contributed by atoms with Crippen LogP contribution in [0.2, 0.25) is 0 Å². The molecule has 0 radical (unpaired) electrons. The number of rotatable bonds is 8. The fourth-order valence-corrected chi connectivity index (χ4v) is 4.60. The number of hydrogen-bond donors (Lipinski definition) is 1. The highest BCUT2D eigenvalue weighted by Crippen LogP contribution is 2.28. The summed E-state index contributed by atoms with van der Waals surface area (Å²) in [5, 5.41) is 5.77. The van der Waals surface area contributed by atoms with Crippen molar-refractivity contribution in [2.24, 2.45) is 0 Å². The Bertz CT molecular complexity index is 738. The Hall–Kier alpha value is -1.45. The highest BCUT2D eigenvalue weighted by molar-refractivity contribution is 7.86. The van der Waals surface area contributed by atoms with Crippen molar-refractivity contribution in [1.29, 1.82) is 0 Å². The Labute approximate surface area is 147 Å². The van der Waals surface area contributed by atoms with Crippen LogP contribution in [0.5, 0.6) is 0 Å². The third-order valence-corrected chi connectivity index (χ3v) is 6.22. The molecule has 1 aliphatic heterocycles. The van der Waals surface area contributed by atoms with Gasteiger partial charge in [0, 0.05) is 4.90 Å². The number of nitrogens with one attached hydrogen (secondary N) is 1. The Morgan fingerprint density at radius 1 is 1.00 bits per heavy atom. The lowest BCUT2D eigenvalue weighted by Crippen LogP contribution is -2.33. The van der Waals surface area contributed by atoms with Gasteiger partial charge in [0.2, 0.25) is 0 Å². The van der Waals surface area contributed by atoms with E-state index in [2.05, 4.69) is 48.7 Å². The molecule has 24 heavy (non-hydrogen) atoms. The third kappa shape index (κ3) is 4.14. The lowest BCUT2D eigenvalue weighted by molar-refractivity contribution is 0.573. The maximum atomic E-state index is 12.9. The summed E-state index contributed by atoms with van der Waals surface area (Å²) >= 11 is 0. The van der Waals surface area contributed by atoms with E-state index in [1.165, 1.54) is 37.5 Å². The lowest BCUT2D eigenvalue weighted by atomic mass is 10.1. The molecule has 2 unspecified atom stereocenters. The zero-order chi connectivity index (χ0) is 16.8. The van der Waals surface area contributed by atoms with Crippen molar-refractivity contribution >= 4 is 27.6 Å². The molecule has 0 saturated carbocycles. The maximum absolute atomic E-state index is 12.9. The molecule has 2 atom stereocenters. The first-order valence-corrected chi connectivity index (χ1v) is 10.4. The summed E-state index contributed by atoms with van der Waals surface area (Å²) < 4.78 is 12.9. The standard InChI is InChI=1S/C21H27NOS/c1-2-3-4-5-6-9-14-22-21-13-12-19-15-17-10-7-8-11-18(17)16-20(19)24(21)23/h7-8,10-13,15-16,21-22H,2-6,9,14H2,1H3. The minimum absolute atomic E-state index is 0.0608. The average Bonchev–Trinajstić information content (AvgIpc) is 2.61. The molecule has 2 aromatic carbocycles. The Morgan fingerprint density at radius 3 is 2.50 bits per heavy atom. The molecule has 3 rings (SSSR count). The second-order valence-electron chi connectivity index (χ2n) is 6.54. The van der Waals surface area contributed by atoms with Crippen molar-refractivity contribution < 1.29 is 4.21 Å². The van der Waals surface area contributed by atoms with Crippen LogP contribution in [0.15, 0.2) is 47.4 Å². The summed E-state index contributed by atoms with van der Waals surface area (Å²) in [6.07, 6.45) is 11.9.